The molecule has 0 saturated heterocycles. The van der Waals surface area contributed by atoms with Crippen molar-refractivity contribution >= 4 is 0 Å². The van der Waals surface area contributed by atoms with Crippen molar-refractivity contribution in [3.05, 3.63) is 70.8 Å². The standard InChI is InChI=1S/C17H17NO/c19-17(10-9-12-5-2-4-8-15(12)17)16-14-7-3-1-6-13(14)11-18-16/h1-8,16,18-19H,9-11H2. The summed E-state index contributed by atoms with van der Waals surface area (Å²) in [5, 5.41) is 14.7. The molecule has 0 radical (unpaired) electrons. The molecule has 96 valence electrons. The van der Waals surface area contributed by atoms with Gasteiger partial charge in [0.25, 0.3) is 0 Å². The molecule has 2 nitrogen and oxygen atoms in total. The number of fused-ring (bicyclic) bond motifs is 2. The molecule has 2 aromatic carbocycles. The lowest BCUT2D eigenvalue weighted by Gasteiger charge is -2.32. The molecule has 2 aliphatic rings. The molecule has 0 saturated carbocycles. The fourth-order valence-electron chi connectivity index (χ4n) is 3.65. The summed E-state index contributed by atoms with van der Waals surface area (Å²) in [5.41, 5.74) is 4.19. The SMILES string of the molecule is OC1(C2NCc3ccccc32)CCc2ccccc21. The van der Waals surface area contributed by atoms with E-state index in [1.807, 2.05) is 6.07 Å². The Morgan fingerprint density at radius 1 is 1.00 bits per heavy atom. The molecule has 2 heteroatoms. The minimum atomic E-state index is -0.761. The van der Waals surface area contributed by atoms with E-state index in [0.717, 1.165) is 24.9 Å². The molecular weight excluding hydrogens is 234 g/mol. The van der Waals surface area contributed by atoms with Gasteiger partial charge in [-0.05, 0) is 35.1 Å². The van der Waals surface area contributed by atoms with Crippen molar-refractivity contribution in [1.82, 2.24) is 5.32 Å². The molecule has 0 amide bonds. The molecule has 2 N–H and O–H groups in total. The molecule has 1 aliphatic heterocycles. The quantitative estimate of drug-likeness (QED) is 0.816. The predicted molar refractivity (Wildman–Crippen MR) is 74.7 cm³/mol. The topological polar surface area (TPSA) is 32.3 Å². The zero-order valence-corrected chi connectivity index (χ0v) is 10.8. The largest absolute Gasteiger partial charge is 0.383 e. The van der Waals surface area contributed by atoms with Crippen molar-refractivity contribution in [3.63, 3.8) is 0 Å². The summed E-state index contributed by atoms with van der Waals surface area (Å²) in [6.45, 7) is 0.852. The Kier molecular flexibility index (Phi) is 2.32. The molecule has 2 unspecified atom stereocenters. The summed E-state index contributed by atoms with van der Waals surface area (Å²) in [7, 11) is 0. The first-order valence-corrected chi connectivity index (χ1v) is 6.91. The number of benzene rings is 2. The average molecular weight is 251 g/mol. The number of aryl methyl sites for hydroxylation is 1. The van der Waals surface area contributed by atoms with Crippen molar-refractivity contribution < 1.29 is 5.11 Å². The Labute approximate surface area is 113 Å². The van der Waals surface area contributed by atoms with Crippen LogP contribution in [0.15, 0.2) is 48.5 Å². The number of aliphatic hydroxyl groups is 1. The maximum atomic E-state index is 11.2. The first kappa shape index (κ1) is 11.2. The zero-order valence-electron chi connectivity index (χ0n) is 10.8. The molecule has 0 fully saturated rings. The van der Waals surface area contributed by atoms with Gasteiger partial charge in [-0.25, -0.2) is 0 Å². The smallest absolute Gasteiger partial charge is 0.110 e. The fourth-order valence-corrected chi connectivity index (χ4v) is 3.65. The lowest BCUT2D eigenvalue weighted by Crippen LogP contribution is -2.36. The molecule has 0 spiro atoms. The minimum absolute atomic E-state index is 0.0207. The molecule has 4 rings (SSSR count). The first-order valence-electron chi connectivity index (χ1n) is 6.91. The van der Waals surface area contributed by atoms with Crippen LogP contribution in [0, 0.1) is 0 Å². The van der Waals surface area contributed by atoms with Gasteiger partial charge in [0.2, 0.25) is 0 Å². The van der Waals surface area contributed by atoms with Crippen LogP contribution < -0.4 is 5.32 Å². The van der Waals surface area contributed by atoms with E-state index in [4.69, 9.17) is 0 Å². The van der Waals surface area contributed by atoms with E-state index in [0.29, 0.717) is 0 Å². The van der Waals surface area contributed by atoms with Crippen LogP contribution in [0.1, 0.15) is 34.7 Å². The highest BCUT2D eigenvalue weighted by Gasteiger charge is 2.46. The third-order valence-electron chi connectivity index (χ3n) is 4.60. The van der Waals surface area contributed by atoms with Crippen LogP contribution in [0.25, 0.3) is 0 Å². The van der Waals surface area contributed by atoms with Crippen LogP contribution in [0.3, 0.4) is 0 Å². The summed E-state index contributed by atoms with van der Waals surface area (Å²) in [6.07, 6.45) is 1.77. The van der Waals surface area contributed by atoms with Crippen molar-refractivity contribution in [3.8, 4) is 0 Å². The van der Waals surface area contributed by atoms with Crippen LogP contribution in [-0.2, 0) is 18.6 Å². The van der Waals surface area contributed by atoms with E-state index < -0.39 is 5.60 Å². The van der Waals surface area contributed by atoms with Crippen molar-refractivity contribution in [2.24, 2.45) is 0 Å². The van der Waals surface area contributed by atoms with Crippen molar-refractivity contribution in [2.75, 3.05) is 0 Å². The highest BCUT2D eigenvalue weighted by molar-refractivity contribution is 5.44. The summed E-state index contributed by atoms with van der Waals surface area (Å²) in [6, 6.07) is 16.7. The molecule has 19 heavy (non-hydrogen) atoms. The summed E-state index contributed by atoms with van der Waals surface area (Å²) >= 11 is 0. The molecule has 1 heterocycles. The number of hydrogen-bond acceptors (Lipinski definition) is 2. The first-order chi connectivity index (χ1) is 9.29. The van der Waals surface area contributed by atoms with Crippen LogP contribution >= 0.6 is 0 Å². The number of nitrogens with one attached hydrogen (secondary N) is 1. The maximum absolute atomic E-state index is 11.2. The zero-order chi connectivity index (χ0) is 12.9. The lowest BCUT2D eigenvalue weighted by atomic mass is 9.84. The highest BCUT2D eigenvalue weighted by Crippen LogP contribution is 2.47. The van der Waals surface area contributed by atoms with Gasteiger partial charge in [0.15, 0.2) is 0 Å². The second kappa shape index (κ2) is 3.92. The van der Waals surface area contributed by atoms with E-state index in [-0.39, 0.29) is 6.04 Å². The summed E-state index contributed by atoms with van der Waals surface area (Å²) in [5.74, 6) is 0. The van der Waals surface area contributed by atoms with Gasteiger partial charge in [0, 0.05) is 6.54 Å². The van der Waals surface area contributed by atoms with Crippen LogP contribution in [0.2, 0.25) is 0 Å². The number of hydrogen-bond donors (Lipinski definition) is 2. The van der Waals surface area contributed by atoms with Gasteiger partial charge < -0.3 is 10.4 Å². The van der Waals surface area contributed by atoms with Gasteiger partial charge in [-0.15, -0.1) is 0 Å². The minimum Gasteiger partial charge on any atom is -0.383 e. The third kappa shape index (κ3) is 1.50. The van der Waals surface area contributed by atoms with Crippen molar-refractivity contribution in [2.45, 2.75) is 31.0 Å². The highest BCUT2D eigenvalue weighted by atomic mass is 16.3. The summed E-state index contributed by atoms with van der Waals surface area (Å²) < 4.78 is 0. The second-order valence-electron chi connectivity index (χ2n) is 5.59. The average Bonchev–Trinajstić information content (AvgIpc) is 3.02. The maximum Gasteiger partial charge on any atom is 0.110 e. The van der Waals surface area contributed by atoms with E-state index in [2.05, 4.69) is 47.8 Å². The third-order valence-corrected chi connectivity index (χ3v) is 4.60. The lowest BCUT2D eigenvalue weighted by molar-refractivity contribution is 0.000532. The Balaban J connectivity index is 1.83. The molecule has 2 atom stereocenters. The predicted octanol–water partition coefficient (Wildman–Crippen LogP) is 2.66. The molecule has 1 aliphatic carbocycles. The van der Waals surface area contributed by atoms with Crippen molar-refractivity contribution in [1.29, 1.82) is 0 Å². The fraction of sp³-hybridized carbons (Fsp3) is 0.294. The monoisotopic (exact) mass is 251 g/mol. The van der Waals surface area contributed by atoms with E-state index >= 15 is 0 Å². The van der Waals surface area contributed by atoms with Gasteiger partial charge in [-0.1, -0.05) is 48.5 Å². The second-order valence-corrected chi connectivity index (χ2v) is 5.59. The van der Waals surface area contributed by atoms with Gasteiger partial charge in [-0.3, -0.25) is 0 Å². The van der Waals surface area contributed by atoms with E-state index in [1.54, 1.807) is 0 Å². The van der Waals surface area contributed by atoms with Crippen LogP contribution in [0.4, 0.5) is 0 Å². The summed E-state index contributed by atoms with van der Waals surface area (Å²) in [4.78, 5) is 0. The van der Waals surface area contributed by atoms with Crippen LogP contribution in [0.5, 0.6) is 0 Å². The Morgan fingerprint density at radius 3 is 2.63 bits per heavy atom. The normalized spacial score (nSPS) is 28.2. The van der Waals surface area contributed by atoms with Gasteiger partial charge in [0.1, 0.15) is 5.60 Å². The van der Waals surface area contributed by atoms with E-state index in [1.165, 1.54) is 16.7 Å². The molecule has 0 bridgehead atoms. The Bertz CT molecular complexity index is 637. The van der Waals surface area contributed by atoms with Gasteiger partial charge in [-0.2, -0.15) is 0 Å². The molecule has 2 aromatic rings. The Morgan fingerprint density at radius 2 is 1.74 bits per heavy atom. The van der Waals surface area contributed by atoms with Gasteiger partial charge >= 0.3 is 0 Å². The van der Waals surface area contributed by atoms with E-state index in [9.17, 15) is 5.11 Å². The molecule has 0 aromatic heterocycles. The Hall–Kier alpha value is -1.64. The van der Waals surface area contributed by atoms with Gasteiger partial charge in [0.05, 0.1) is 6.04 Å². The van der Waals surface area contributed by atoms with Crippen LogP contribution in [-0.4, -0.2) is 5.11 Å². The number of rotatable bonds is 1. The molecular formula is C17H17NO.